The number of benzene rings is 3. The van der Waals surface area contributed by atoms with Gasteiger partial charge in [0.15, 0.2) is 11.5 Å². The van der Waals surface area contributed by atoms with Gasteiger partial charge in [-0.25, -0.2) is 0 Å². The highest BCUT2D eigenvalue weighted by molar-refractivity contribution is 6.31. The van der Waals surface area contributed by atoms with Crippen molar-refractivity contribution in [3.8, 4) is 11.5 Å². The zero-order valence-corrected chi connectivity index (χ0v) is 20.6. The Balaban J connectivity index is 1.19. The molecule has 36 heavy (non-hydrogen) atoms. The third-order valence-electron chi connectivity index (χ3n) is 6.14. The molecule has 2 atom stereocenters. The first kappa shape index (κ1) is 24.6. The zero-order valence-electron chi connectivity index (χ0n) is 19.9. The summed E-state index contributed by atoms with van der Waals surface area (Å²) >= 11 is 6.43. The summed E-state index contributed by atoms with van der Waals surface area (Å²) in [5, 5.41) is 15.8. The maximum Gasteiger partial charge on any atom is 0.231 e. The largest absolute Gasteiger partial charge is 0.454 e. The first-order chi connectivity index (χ1) is 17.6. The molecule has 8 heteroatoms. The fraction of sp³-hybridized carbons (Fsp3) is 0.321. The maximum atomic E-state index is 10.7. The molecule has 0 bridgehead atoms. The lowest BCUT2D eigenvalue weighted by molar-refractivity contribution is -0.00648. The van der Waals surface area contributed by atoms with Crippen molar-refractivity contribution < 1.29 is 24.2 Å². The number of aliphatic hydroxyl groups is 1. The van der Waals surface area contributed by atoms with Gasteiger partial charge in [-0.1, -0.05) is 65.3 Å². The van der Waals surface area contributed by atoms with Crippen LogP contribution in [0.1, 0.15) is 23.1 Å². The molecule has 0 aliphatic carbocycles. The second-order valence-corrected chi connectivity index (χ2v) is 9.38. The van der Waals surface area contributed by atoms with Crippen LogP contribution in [-0.4, -0.2) is 54.4 Å². The van der Waals surface area contributed by atoms with Gasteiger partial charge in [0.25, 0.3) is 0 Å². The number of fused-ring (bicyclic) bond motifs is 1. The molecule has 7 nitrogen and oxygen atoms in total. The van der Waals surface area contributed by atoms with Crippen LogP contribution in [0.25, 0.3) is 0 Å². The van der Waals surface area contributed by atoms with E-state index >= 15 is 0 Å². The summed E-state index contributed by atoms with van der Waals surface area (Å²) in [7, 11) is 0. The number of nitrogens with zero attached hydrogens (tertiary/aromatic N) is 2. The Morgan fingerprint density at radius 1 is 1.03 bits per heavy atom. The van der Waals surface area contributed by atoms with Crippen LogP contribution in [0.3, 0.4) is 0 Å². The van der Waals surface area contributed by atoms with Gasteiger partial charge in [-0.05, 0) is 35.4 Å². The minimum absolute atomic E-state index is 0.148. The predicted molar refractivity (Wildman–Crippen MR) is 137 cm³/mol. The van der Waals surface area contributed by atoms with Gasteiger partial charge in [0.05, 0.1) is 25.0 Å². The highest BCUT2D eigenvalue weighted by Gasteiger charge is 2.27. The second kappa shape index (κ2) is 11.8. The summed E-state index contributed by atoms with van der Waals surface area (Å²) in [5.74, 6) is 1.46. The van der Waals surface area contributed by atoms with Crippen LogP contribution in [0, 0.1) is 0 Å². The molecule has 0 saturated heterocycles. The van der Waals surface area contributed by atoms with Gasteiger partial charge in [-0.3, -0.25) is 4.90 Å². The summed E-state index contributed by atoms with van der Waals surface area (Å²) in [5.41, 5.74) is 3.88. The lowest BCUT2D eigenvalue weighted by atomic mass is 10.0. The number of halogens is 1. The Morgan fingerprint density at radius 2 is 1.83 bits per heavy atom. The minimum atomic E-state index is -0.660. The topological polar surface area (TPSA) is 72.8 Å². The molecular formula is C28H29ClN2O5. The van der Waals surface area contributed by atoms with E-state index in [9.17, 15) is 5.11 Å². The van der Waals surface area contributed by atoms with E-state index in [0.717, 1.165) is 33.9 Å². The number of ether oxygens (including phenoxy) is 3. The number of aliphatic hydroxyl groups excluding tert-OH is 1. The fourth-order valence-electron chi connectivity index (χ4n) is 4.37. The number of oxime groups is 1. The van der Waals surface area contributed by atoms with Crippen LogP contribution < -0.4 is 9.47 Å². The molecule has 0 fully saturated rings. The lowest BCUT2D eigenvalue weighted by Crippen LogP contribution is -2.39. The Bertz CT molecular complexity index is 1190. The average Bonchev–Trinajstić information content (AvgIpc) is 3.55. The number of hydrogen-bond donors (Lipinski definition) is 1. The molecule has 2 aliphatic heterocycles. The van der Waals surface area contributed by atoms with Crippen LogP contribution in [0.4, 0.5) is 0 Å². The number of rotatable bonds is 11. The SMILES string of the molecule is O[C@H](COCc1ccccc1)CN(Cc1ccccc1Cl)C[C@H]1CC(c2ccc3c(c2)OCO3)=NO1. The quantitative estimate of drug-likeness (QED) is 0.407. The smallest absolute Gasteiger partial charge is 0.231 e. The summed E-state index contributed by atoms with van der Waals surface area (Å²) in [6, 6.07) is 23.5. The van der Waals surface area contributed by atoms with Gasteiger partial charge in [-0.15, -0.1) is 0 Å². The van der Waals surface area contributed by atoms with E-state index in [4.69, 9.17) is 30.6 Å². The van der Waals surface area contributed by atoms with Crippen molar-refractivity contribution in [2.75, 3.05) is 26.5 Å². The molecule has 0 saturated carbocycles. The molecule has 2 aliphatic rings. The normalized spacial score (nSPS) is 17.2. The first-order valence-corrected chi connectivity index (χ1v) is 12.4. The molecule has 0 aromatic heterocycles. The van der Waals surface area contributed by atoms with Crippen molar-refractivity contribution in [1.29, 1.82) is 0 Å². The van der Waals surface area contributed by atoms with E-state index in [1.165, 1.54) is 0 Å². The van der Waals surface area contributed by atoms with Crippen LogP contribution in [0.5, 0.6) is 11.5 Å². The van der Waals surface area contributed by atoms with E-state index in [1.54, 1.807) is 0 Å². The molecule has 188 valence electrons. The molecule has 1 N–H and O–H groups in total. The fourth-order valence-corrected chi connectivity index (χ4v) is 4.57. The third kappa shape index (κ3) is 6.36. The molecular weight excluding hydrogens is 480 g/mol. The Morgan fingerprint density at radius 3 is 2.69 bits per heavy atom. The summed E-state index contributed by atoms with van der Waals surface area (Å²) in [4.78, 5) is 7.93. The minimum Gasteiger partial charge on any atom is -0.454 e. The predicted octanol–water partition coefficient (Wildman–Crippen LogP) is 4.64. The Labute approximate surface area is 215 Å². The molecule has 0 spiro atoms. The average molecular weight is 509 g/mol. The highest BCUT2D eigenvalue weighted by atomic mass is 35.5. The van der Waals surface area contributed by atoms with Crippen molar-refractivity contribution in [3.63, 3.8) is 0 Å². The summed E-state index contributed by atoms with van der Waals surface area (Å²) in [6.45, 7) is 2.50. The molecule has 5 rings (SSSR count). The van der Waals surface area contributed by atoms with Crippen molar-refractivity contribution in [1.82, 2.24) is 4.90 Å². The first-order valence-electron chi connectivity index (χ1n) is 12.0. The van der Waals surface area contributed by atoms with Crippen molar-refractivity contribution in [3.05, 3.63) is 94.5 Å². The van der Waals surface area contributed by atoms with Crippen molar-refractivity contribution in [2.45, 2.75) is 31.8 Å². The van der Waals surface area contributed by atoms with Crippen LogP contribution >= 0.6 is 11.6 Å². The zero-order chi connectivity index (χ0) is 24.7. The molecule has 2 heterocycles. The van der Waals surface area contributed by atoms with E-state index in [0.29, 0.717) is 37.7 Å². The Kier molecular flexibility index (Phi) is 8.03. The third-order valence-corrected chi connectivity index (χ3v) is 6.51. The van der Waals surface area contributed by atoms with Gasteiger partial charge in [-0.2, -0.15) is 0 Å². The van der Waals surface area contributed by atoms with E-state index in [1.807, 2.05) is 72.8 Å². The standard InChI is InChI=1S/C28H29ClN2O5/c29-25-9-5-4-8-22(25)14-31(15-23(32)18-33-17-20-6-2-1-3-7-20)16-24-13-26(30-36-24)21-10-11-27-28(12-21)35-19-34-27/h1-12,23-24,32H,13-19H2/t23-,24+/m0/s1. The monoisotopic (exact) mass is 508 g/mol. The molecule has 0 unspecified atom stereocenters. The van der Waals surface area contributed by atoms with Gasteiger partial charge < -0.3 is 24.2 Å². The summed E-state index contributed by atoms with van der Waals surface area (Å²) in [6.07, 6.45) is -0.156. The van der Waals surface area contributed by atoms with Crippen molar-refractivity contribution in [2.24, 2.45) is 5.16 Å². The van der Waals surface area contributed by atoms with Crippen LogP contribution in [-0.2, 0) is 22.7 Å². The second-order valence-electron chi connectivity index (χ2n) is 8.98. The molecule has 0 amide bonds. The summed E-state index contributed by atoms with van der Waals surface area (Å²) < 4.78 is 16.7. The number of hydrogen-bond acceptors (Lipinski definition) is 7. The molecule has 0 radical (unpaired) electrons. The van der Waals surface area contributed by atoms with Gasteiger partial charge in [0, 0.05) is 36.6 Å². The maximum absolute atomic E-state index is 10.7. The van der Waals surface area contributed by atoms with E-state index in [-0.39, 0.29) is 19.5 Å². The molecule has 3 aromatic carbocycles. The lowest BCUT2D eigenvalue weighted by Gasteiger charge is -2.27. The van der Waals surface area contributed by atoms with Gasteiger partial charge in [0.2, 0.25) is 6.79 Å². The highest BCUT2D eigenvalue weighted by Crippen LogP contribution is 2.33. The van der Waals surface area contributed by atoms with E-state index in [2.05, 4.69) is 10.1 Å². The van der Waals surface area contributed by atoms with E-state index < -0.39 is 6.10 Å². The Hall–Kier alpha value is -3.10. The molecule has 3 aromatic rings. The van der Waals surface area contributed by atoms with Gasteiger partial charge in [0.1, 0.15) is 6.10 Å². The van der Waals surface area contributed by atoms with Gasteiger partial charge >= 0.3 is 0 Å². The van der Waals surface area contributed by atoms with Crippen molar-refractivity contribution >= 4 is 17.3 Å². The van der Waals surface area contributed by atoms with Crippen LogP contribution in [0.15, 0.2) is 78.0 Å². The van der Waals surface area contributed by atoms with Crippen LogP contribution in [0.2, 0.25) is 5.02 Å².